The van der Waals surface area contributed by atoms with Crippen LogP contribution in [0.5, 0.6) is 0 Å². The number of benzene rings is 3. The second kappa shape index (κ2) is 47.5. The predicted molar refractivity (Wildman–Crippen MR) is 445 cm³/mol. The van der Waals surface area contributed by atoms with Gasteiger partial charge in [-0.25, -0.2) is 13.2 Å². The number of nitrogen functional groups attached to an aromatic ring is 2. The number of hydrogen-bond acceptors (Lipinski definition) is 33. The molecule has 119 heavy (non-hydrogen) atoms. The molecule has 13 N–H and O–H groups in total. The van der Waals surface area contributed by atoms with Crippen molar-refractivity contribution < 1.29 is 91.2 Å². The molecule has 2 aliphatic rings. The number of aliphatic hydroxyl groups is 2. The fraction of sp³-hybridized carbons (Fsp3) is 0.513. The maximum Gasteiger partial charge on any atom is 0.314 e. The largest absolute Gasteiger partial charge is 0.481 e. The lowest BCUT2D eigenvalue weighted by Gasteiger charge is -2.40. The number of carbonyl (C=O) groups excluding carboxylic acids is 4. The Labute approximate surface area is 709 Å². The number of amides is 4. The molecule has 0 bridgehead atoms. The van der Waals surface area contributed by atoms with Gasteiger partial charge in [-0.2, -0.15) is 0 Å². The Morgan fingerprint density at radius 1 is 0.429 bits per heavy atom. The molecule has 0 atom stereocenters. The molecule has 0 spiro atoms. The number of nitrogens with one attached hydrogen (secondary N) is 4. The number of anilines is 6. The van der Waals surface area contributed by atoms with Gasteiger partial charge < -0.3 is 66.6 Å². The lowest BCUT2D eigenvalue weighted by atomic mass is 9.85. The van der Waals surface area contributed by atoms with E-state index in [2.05, 4.69) is 82.5 Å². The van der Waals surface area contributed by atoms with Gasteiger partial charge in [-0.05, 0) is 160 Å². The Morgan fingerprint density at radius 3 is 1.01 bits per heavy atom. The highest BCUT2D eigenvalue weighted by Gasteiger charge is 2.44. The molecule has 43 heteroatoms. The number of carbonyl (C=O) groups is 7. The van der Waals surface area contributed by atoms with Crippen molar-refractivity contribution in [1.29, 1.82) is 0 Å². The van der Waals surface area contributed by atoms with Crippen LogP contribution in [0, 0.1) is 39.1 Å². The molecule has 11 rings (SSSR count). The van der Waals surface area contributed by atoms with Gasteiger partial charge in [-0.1, -0.05) is 118 Å². The number of aliphatic carboxylic acids is 3. The first-order valence-corrected chi connectivity index (χ1v) is 42.5. The zero-order valence-electron chi connectivity index (χ0n) is 67.5. The molecule has 2 saturated heterocycles. The molecular weight excluding hydrogens is 1670 g/mol. The first-order chi connectivity index (χ1) is 56.2. The lowest BCUT2D eigenvalue weighted by molar-refractivity contribution is -0.280. The van der Waals surface area contributed by atoms with E-state index in [-0.39, 0.29) is 75.0 Å². The smallest absolute Gasteiger partial charge is 0.314 e. The van der Waals surface area contributed by atoms with E-state index < -0.39 is 76.1 Å². The molecule has 2 aliphatic heterocycles. The van der Waals surface area contributed by atoms with E-state index in [0.717, 1.165) is 87.8 Å². The Kier molecular flexibility index (Phi) is 39.2. The van der Waals surface area contributed by atoms with Crippen molar-refractivity contribution >= 4 is 140 Å². The van der Waals surface area contributed by atoms with Gasteiger partial charge in [0.25, 0.3) is 0 Å². The average molecular weight is 1770 g/mol. The summed E-state index contributed by atoms with van der Waals surface area (Å²) >= 11 is 8.11. The third-order valence-electron chi connectivity index (χ3n) is 18.0. The molecule has 6 aromatic heterocycles. The zero-order valence-corrected chi connectivity index (χ0v) is 72.4. The van der Waals surface area contributed by atoms with E-state index >= 15 is 0 Å². The van der Waals surface area contributed by atoms with Gasteiger partial charge in [-0.15, -0.1) is 61.2 Å². The highest BCUT2D eigenvalue weighted by molar-refractivity contribution is 7.16. The van der Waals surface area contributed by atoms with Crippen LogP contribution >= 0.6 is 68.0 Å². The minimum atomic E-state index is -1.29. The standard InChI is InChI=1S/C24H29FN6O4S2.C21H25FN6O4S2.C8H7FO2.C8H12N6S2.C8H14O4.C7H14O2/c1-23(2)34-13-24(3,14-35-23)20(33)27-22-31-29-19(37-22)10-5-4-9-18-28-30-21(36-18)26-17(32)12-15-7-6-8-16(25)11-15;1-21(11-29,12-30)18(32)24-20-28-26-17(34-20)8-3-2-7-16-25-27-19(33-16)23-15(31)10-13-5-4-6-14(22)9-13;9-7-3-1-2-6(4-7)5-8(10)11;9-7-13-11-5(15-7)3-1-2-4-6-12-14-8(10)16-6;1-7(2)11-4-8(3,5-12-7)6(9)10;1-4-7(3,5-2)6(8)9/h6-8,11H,4-5,9-10,12-14H2,1-3H3,(H,26,30,32)(H,27,31,33);4-6,9,29-30H,2-3,7-8,10-12H2,1H3,(H,23,27,31)(H,24,28,32);1-4H,5H2,(H,10,11);1-4H2,(H2,9,13)(H2,10,14);4-5H2,1-3H3,(H,9,10);4-5H2,1-3H3,(H,8,9). The lowest BCUT2D eigenvalue weighted by Crippen LogP contribution is -2.50. The molecule has 0 aliphatic carbocycles. The Morgan fingerprint density at radius 2 is 0.731 bits per heavy atom. The van der Waals surface area contributed by atoms with Crippen LogP contribution in [-0.4, -0.2) is 179 Å². The summed E-state index contributed by atoms with van der Waals surface area (Å²) in [4.78, 5) is 80.5. The number of unbranched alkanes of at least 4 members (excludes halogenated alkanes) is 3. The number of hydrogen-bond donors (Lipinski definition) is 11. The summed E-state index contributed by atoms with van der Waals surface area (Å²) in [5.41, 5.74) is 9.17. The zero-order chi connectivity index (χ0) is 87.6. The number of aromatic nitrogens is 12. The molecule has 0 unspecified atom stereocenters. The van der Waals surface area contributed by atoms with Crippen LogP contribution < -0.4 is 32.7 Å². The molecule has 2 fully saturated rings. The van der Waals surface area contributed by atoms with Gasteiger partial charge in [-0.3, -0.25) is 44.2 Å². The summed E-state index contributed by atoms with van der Waals surface area (Å²) in [5, 5.41) is 111. The van der Waals surface area contributed by atoms with E-state index in [1.54, 1.807) is 65.0 Å². The average Bonchev–Trinajstić information content (AvgIpc) is 1.73. The van der Waals surface area contributed by atoms with Crippen LogP contribution in [0.4, 0.5) is 44.0 Å². The fourth-order valence-electron chi connectivity index (χ4n) is 9.82. The van der Waals surface area contributed by atoms with E-state index in [9.17, 15) is 56.9 Å². The summed E-state index contributed by atoms with van der Waals surface area (Å²) in [6.45, 7) is 17.6. The van der Waals surface area contributed by atoms with Crippen LogP contribution in [-0.2, 0) is 110 Å². The summed E-state index contributed by atoms with van der Waals surface area (Å²) in [7, 11) is 0. The van der Waals surface area contributed by atoms with Crippen molar-refractivity contribution in [3.05, 3.63) is 137 Å². The number of ether oxygens (including phenoxy) is 4. The molecule has 8 heterocycles. The van der Waals surface area contributed by atoms with E-state index in [1.165, 1.54) is 117 Å². The number of halogens is 3. The van der Waals surface area contributed by atoms with Crippen molar-refractivity contribution in [3.8, 4) is 0 Å². The molecular formula is C76H101F3N18O16S6. The number of aryl methyl sites for hydroxylation is 6. The van der Waals surface area contributed by atoms with Gasteiger partial charge in [0.05, 0.1) is 75.1 Å². The molecule has 0 radical (unpaired) electrons. The minimum absolute atomic E-state index is 0.0518. The maximum atomic E-state index is 13.3. The molecule has 3 aromatic carbocycles. The number of carboxylic acids is 3. The molecule has 9 aromatic rings. The highest BCUT2D eigenvalue weighted by Crippen LogP contribution is 2.33. The number of aliphatic hydroxyl groups excluding tert-OH is 2. The molecule has 4 amide bonds. The number of nitrogens with two attached hydrogens (primary N) is 2. The van der Waals surface area contributed by atoms with Crippen LogP contribution in [0.25, 0.3) is 0 Å². The van der Waals surface area contributed by atoms with Crippen LogP contribution in [0.3, 0.4) is 0 Å². The van der Waals surface area contributed by atoms with Crippen molar-refractivity contribution in [2.75, 3.05) is 72.4 Å². The Bertz CT molecular complexity index is 4660. The van der Waals surface area contributed by atoms with Gasteiger partial charge in [0.1, 0.15) is 52.9 Å². The third kappa shape index (κ3) is 35.0. The molecule has 34 nitrogen and oxygen atoms in total. The summed E-state index contributed by atoms with van der Waals surface area (Å²) in [5.74, 6) is -6.29. The van der Waals surface area contributed by atoms with Gasteiger partial charge in [0, 0.05) is 38.5 Å². The van der Waals surface area contributed by atoms with Crippen molar-refractivity contribution in [1.82, 2.24) is 61.2 Å². The molecule has 648 valence electrons. The number of rotatable bonds is 33. The predicted octanol–water partition coefficient (Wildman–Crippen LogP) is 11.5. The summed E-state index contributed by atoms with van der Waals surface area (Å²) < 4.78 is 60.7. The normalized spacial score (nSPS) is 14.2. The van der Waals surface area contributed by atoms with Crippen LogP contribution in [0.1, 0.15) is 167 Å². The molecule has 0 saturated carbocycles. The number of carboxylic acid groups (broad SMARTS) is 3. The van der Waals surface area contributed by atoms with E-state index in [1.807, 2.05) is 27.7 Å². The SMILES string of the molecule is CC(CO)(CO)C(=O)Nc1nnc(CCCCc2nnc(NC(=O)Cc3cccc(F)c3)s2)s1.CC1(C)OCC(C)(C(=O)Nc2nnc(CCCCc3nnc(NC(=O)Cc4cccc(F)c4)s3)s2)CO1.CC1(C)OCC(C)(C(=O)O)CO1.CCC(C)(CC)C(=O)O.Nc1nnc(CCCCc2nnc(N)s2)s1.O=C(O)Cc1cccc(F)c1. The second-order valence-electron chi connectivity index (χ2n) is 29.3. The van der Waals surface area contributed by atoms with E-state index in [4.69, 9.17) is 45.7 Å². The van der Waals surface area contributed by atoms with Crippen LogP contribution in [0.2, 0.25) is 0 Å². The van der Waals surface area contributed by atoms with Crippen molar-refractivity contribution in [2.24, 2.45) is 21.7 Å². The first kappa shape index (κ1) is 98.3. The number of nitrogens with zero attached hydrogens (tertiary/aromatic N) is 12. The van der Waals surface area contributed by atoms with Gasteiger partial charge in [0.2, 0.25) is 54.4 Å². The summed E-state index contributed by atoms with van der Waals surface area (Å²) in [6.07, 6.45) is 11.5. The Hall–Kier alpha value is -9.54. The van der Waals surface area contributed by atoms with Gasteiger partial charge in [0.15, 0.2) is 11.6 Å². The maximum absolute atomic E-state index is 13.3. The summed E-state index contributed by atoms with van der Waals surface area (Å²) in [6, 6.07) is 17.4. The minimum Gasteiger partial charge on any atom is -0.481 e. The van der Waals surface area contributed by atoms with Crippen LogP contribution in [0.15, 0.2) is 72.8 Å². The van der Waals surface area contributed by atoms with Crippen molar-refractivity contribution in [3.63, 3.8) is 0 Å². The van der Waals surface area contributed by atoms with Gasteiger partial charge >= 0.3 is 17.9 Å². The third-order valence-corrected chi connectivity index (χ3v) is 23.2. The van der Waals surface area contributed by atoms with E-state index in [0.29, 0.717) is 79.6 Å². The highest BCUT2D eigenvalue weighted by atomic mass is 32.1. The topological polar surface area (TPSA) is 512 Å². The Balaban J connectivity index is 0.000000241. The quantitative estimate of drug-likeness (QED) is 0.0170. The second-order valence-corrected chi connectivity index (χ2v) is 35.8. The monoisotopic (exact) mass is 1770 g/mol. The van der Waals surface area contributed by atoms with Crippen molar-refractivity contribution in [2.45, 2.75) is 190 Å². The first-order valence-electron chi connectivity index (χ1n) is 37.6. The fourth-order valence-corrected chi connectivity index (χ4v) is 14.3.